The molecular formula is C30H26ClN3O5S. The van der Waals surface area contributed by atoms with Gasteiger partial charge in [0.05, 0.1) is 24.3 Å². The number of benzene rings is 3. The van der Waals surface area contributed by atoms with Crippen molar-refractivity contribution in [1.29, 1.82) is 0 Å². The number of rotatable bonds is 10. The number of anilines is 2. The van der Waals surface area contributed by atoms with Gasteiger partial charge in [0, 0.05) is 27.2 Å². The molecule has 4 aromatic rings. The number of hydrogen-bond acceptors (Lipinski definition) is 6. The molecule has 0 radical (unpaired) electrons. The Kier molecular flexibility index (Phi) is 9.66. The molecule has 10 heteroatoms. The number of ether oxygens (including phenoxy) is 1. The van der Waals surface area contributed by atoms with E-state index in [1.54, 1.807) is 85.8 Å². The fourth-order valence-electron chi connectivity index (χ4n) is 3.57. The molecule has 8 nitrogen and oxygen atoms in total. The Morgan fingerprint density at radius 3 is 2.48 bits per heavy atom. The molecule has 0 aliphatic carbocycles. The second-order valence-electron chi connectivity index (χ2n) is 8.47. The Hall–Kier alpha value is -4.47. The maximum atomic E-state index is 13.2. The van der Waals surface area contributed by atoms with Crippen molar-refractivity contribution in [2.45, 2.75) is 17.1 Å². The lowest BCUT2D eigenvalue weighted by Crippen LogP contribution is -2.30. The number of thioether (sulfide) groups is 1. The van der Waals surface area contributed by atoms with Gasteiger partial charge in [-0.05, 0) is 67.6 Å². The summed E-state index contributed by atoms with van der Waals surface area (Å²) >= 11 is 7.38. The van der Waals surface area contributed by atoms with E-state index >= 15 is 0 Å². The standard InChI is InChI=1S/C30H26ClN3O5S/c1-19(28(35)33-25-16-21(31)13-14-27(25)38-2)40-24-12-6-10-22(17-24)32-30(37)26(18-23-11-7-15-39-23)34-29(36)20-8-4-3-5-9-20/h3-19H,1-2H3,(H,32,37)(H,33,35)(H,34,36)/b26-18-. The highest BCUT2D eigenvalue weighted by Gasteiger charge is 2.19. The van der Waals surface area contributed by atoms with Crippen LogP contribution in [0.3, 0.4) is 0 Å². The molecule has 3 amide bonds. The highest BCUT2D eigenvalue weighted by Crippen LogP contribution is 2.30. The van der Waals surface area contributed by atoms with Crippen LogP contribution in [0, 0.1) is 0 Å². The molecule has 0 saturated carbocycles. The minimum Gasteiger partial charge on any atom is -0.495 e. The second-order valence-corrected chi connectivity index (χ2v) is 10.3. The smallest absolute Gasteiger partial charge is 0.272 e. The van der Waals surface area contributed by atoms with Crippen LogP contribution in [0.5, 0.6) is 5.75 Å². The van der Waals surface area contributed by atoms with Gasteiger partial charge in [0.15, 0.2) is 0 Å². The molecule has 3 aromatic carbocycles. The highest BCUT2D eigenvalue weighted by atomic mass is 35.5. The third kappa shape index (κ3) is 7.78. The van der Waals surface area contributed by atoms with Crippen molar-refractivity contribution in [3.8, 4) is 5.75 Å². The summed E-state index contributed by atoms with van der Waals surface area (Å²) in [4.78, 5) is 39.6. The number of carbonyl (C=O) groups is 3. The lowest BCUT2D eigenvalue weighted by atomic mass is 10.2. The van der Waals surface area contributed by atoms with Crippen molar-refractivity contribution in [2.24, 2.45) is 0 Å². The van der Waals surface area contributed by atoms with Crippen molar-refractivity contribution in [3.63, 3.8) is 0 Å². The first kappa shape index (κ1) is 28.5. The number of furan rings is 1. The number of carbonyl (C=O) groups excluding carboxylic acids is 3. The SMILES string of the molecule is COc1ccc(Cl)cc1NC(=O)C(C)Sc1cccc(NC(=O)/C(=C/c2ccco2)NC(=O)c2ccccc2)c1. The minimum atomic E-state index is -0.540. The number of hydrogen-bond donors (Lipinski definition) is 3. The van der Waals surface area contributed by atoms with E-state index in [1.807, 2.05) is 6.07 Å². The van der Waals surface area contributed by atoms with Gasteiger partial charge in [-0.3, -0.25) is 14.4 Å². The molecule has 204 valence electrons. The van der Waals surface area contributed by atoms with Crippen LogP contribution in [0.15, 0.2) is 106 Å². The van der Waals surface area contributed by atoms with Gasteiger partial charge in [-0.2, -0.15) is 0 Å². The Bertz CT molecular complexity index is 1520. The first-order chi connectivity index (χ1) is 19.3. The Labute approximate surface area is 240 Å². The molecule has 1 heterocycles. The summed E-state index contributed by atoms with van der Waals surface area (Å²) in [5.74, 6) is -0.320. The summed E-state index contributed by atoms with van der Waals surface area (Å²) < 4.78 is 10.6. The third-order valence-electron chi connectivity index (χ3n) is 5.55. The molecule has 1 atom stereocenters. The fourth-order valence-corrected chi connectivity index (χ4v) is 4.67. The molecular weight excluding hydrogens is 550 g/mol. The number of halogens is 1. The Morgan fingerprint density at radius 1 is 0.950 bits per heavy atom. The molecule has 0 aliphatic heterocycles. The van der Waals surface area contributed by atoms with Crippen LogP contribution in [0.25, 0.3) is 6.08 Å². The highest BCUT2D eigenvalue weighted by molar-refractivity contribution is 8.00. The quantitative estimate of drug-likeness (QED) is 0.148. The van der Waals surface area contributed by atoms with Gasteiger partial charge >= 0.3 is 0 Å². The molecule has 1 unspecified atom stereocenters. The Balaban J connectivity index is 1.45. The molecule has 0 saturated heterocycles. The summed E-state index contributed by atoms with van der Waals surface area (Å²) in [6.45, 7) is 1.77. The molecule has 0 bridgehead atoms. The van der Waals surface area contributed by atoms with Crippen LogP contribution in [0.4, 0.5) is 11.4 Å². The first-order valence-corrected chi connectivity index (χ1v) is 13.4. The summed E-state index contributed by atoms with van der Waals surface area (Å²) in [6, 6.07) is 24.0. The number of amides is 3. The van der Waals surface area contributed by atoms with E-state index in [0.717, 1.165) is 4.90 Å². The maximum Gasteiger partial charge on any atom is 0.272 e. The van der Waals surface area contributed by atoms with Crippen molar-refractivity contribution < 1.29 is 23.5 Å². The summed E-state index contributed by atoms with van der Waals surface area (Å²) in [7, 11) is 1.51. The molecule has 0 aliphatic rings. The van der Waals surface area contributed by atoms with Crippen LogP contribution in [0.1, 0.15) is 23.0 Å². The zero-order chi connectivity index (χ0) is 28.5. The summed E-state index contributed by atoms with van der Waals surface area (Å²) in [5.41, 5.74) is 1.37. The molecule has 4 rings (SSSR count). The van der Waals surface area contributed by atoms with Gasteiger partial charge < -0.3 is 25.1 Å². The predicted octanol–water partition coefficient (Wildman–Crippen LogP) is 6.47. The molecule has 40 heavy (non-hydrogen) atoms. The average Bonchev–Trinajstić information content (AvgIpc) is 3.46. The number of nitrogens with one attached hydrogen (secondary N) is 3. The second kappa shape index (κ2) is 13.5. The lowest BCUT2D eigenvalue weighted by molar-refractivity contribution is -0.115. The van der Waals surface area contributed by atoms with E-state index in [-0.39, 0.29) is 11.6 Å². The van der Waals surface area contributed by atoms with Gasteiger partial charge in [0.25, 0.3) is 11.8 Å². The van der Waals surface area contributed by atoms with Gasteiger partial charge in [-0.1, -0.05) is 35.9 Å². The molecule has 1 aromatic heterocycles. The third-order valence-corrected chi connectivity index (χ3v) is 6.88. The predicted molar refractivity (Wildman–Crippen MR) is 158 cm³/mol. The normalized spacial score (nSPS) is 11.8. The zero-order valence-corrected chi connectivity index (χ0v) is 23.2. The minimum absolute atomic E-state index is 0.00470. The summed E-state index contributed by atoms with van der Waals surface area (Å²) in [5, 5.41) is 8.30. The Morgan fingerprint density at radius 2 is 1.75 bits per heavy atom. The van der Waals surface area contributed by atoms with Crippen molar-refractivity contribution in [2.75, 3.05) is 17.7 Å². The van der Waals surface area contributed by atoms with Crippen LogP contribution in [-0.2, 0) is 9.59 Å². The molecule has 0 fully saturated rings. The van der Waals surface area contributed by atoms with Crippen LogP contribution in [0.2, 0.25) is 5.02 Å². The fraction of sp³-hybridized carbons (Fsp3) is 0.100. The molecule has 3 N–H and O–H groups in total. The van der Waals surface area contributed by atoms with E-state index < -0.39 is 17.1 Å². The largest absolute Gasteiger partial charge is 0.495 e. The van der Waals surface area contributed by atoms with E-state index in [4.69, 9.17) is 20.8 Å². The maximum absolute atomic E-state index is 13.2. The number of methoxy groups -OCH3 is 1. The first-order valence-electron chi connectivity index (χ1n) is 12.2. The van der Waals surface area contributed by atoms with Crippen molar-refractivity contribution in [3.05, 3.63) is 113 Å². The molecule has 0 spiro atoms. The van der Waals surface area contributed by atoms with E-state index in [1.165, 1.54) is 31.2 Å². The van der Waals surface area contributed by atoms with Crippen LogP contribution in [-0.4, -0.2) is 30.1 Å². The van der Waals surface area contributed by atoms with Crippen LogP contribution >= 0.6 is 23.4 Å². The topological polar surface area (TPSA) is 110 Å². The van der Waals surface area contributed by atoms with Gasteiger partial charge in [0.1, 0.15) is 17.2 Å². The van der Waals surface area contributed by atoms with Crippen molar-refractivity contribution >= 4 is 58.5 Å². The van der Waals surface area contributed by atoms with Gasteiger partial charge in [0.2, 0.25) is 5.91 Å². The summed E-state index contributed by atoms with van der Waals surface area (Å²) in [6.07, 6.45) is 2.92. The lowest BCUT2D eigenvalue weighted by Gasteiger charge is -2.15. The van der Waals surface area contributed by atoms with E-state index in [0.29, 0.717) is 33.5 Å². The van der Waals surface area contributed by atoms with Gasteiger partial charge in [-0.15, -0.1) is 11.8 Å². The van der Waals surface area contributed by atoms with E-state index in [9.17, 15) is 14.4 Å². The zero-order valence-electron chi connectivity index (χ0n) is 21.6. The van der Waals surface area contributed by atoms with E-state index in [2.05, 4.69) is 16.0 Å². The average molecular weight is 576 g/mol. The van der Waals surface area contributed by atoms with Crippen molar-refractivity contribution in [1.82, 2.24) is 5.32 Å². The van der Waals surface area contributed by atoms with Crippen LogP contribution < -0.4 is 20.7 Å². The monoisotopic (exact) mass is 575 g/mol. The van der Waals surface area contributed by atoms with Gasteiger partial charge in [-0.25, -0.2) is 0 Å².